The molecule has 0 radical (unpaired) electrons. The van der Waals surface area contributed by atoms with Gasteiger partial charge in [-0.1, -0.05) is 24.3 Å². The molecule has 0 aromatic heterocycles. The van der Waals surface area contributed by atoms with E-state index < -0.39 is 12.5 Å². The summed E-state index contributed by atoms with van der Waals surface area (Å²) in [5, 5.41) is 0. The molecule has 0 bridgehead atoms. The normalized spacial score (nSPS) is 17.2. The van der Waals surface area contributed by atoms with Crippen molar-refractivity contribution in [2.45, 2.75) is 25.9 Å². The molecule has 126 valence electrons. The Labute approximate surface area is 136 Å². The number of anilines is 1. The van der Waals surface area contributed by atoms with E-state index in [-0.39, 0.29) is 18.2 Å². The molecule has 3 rings (SSSR count). The lowest BCUT2D eigenvalue weighted by atomic mass is 10.1. The maximum atomic E-state index is 12.4. The Kier molecular flexibility index (Phi) is 4.09. The predicted octanol–water partition coefficient (Wildman–Crippen LogP) is 3.90. The van der Waals surface area contributed by atoms with E-state index in [9.17, 15) is 18.0 Å². The van der Waals surface area contributed by atoms with E-state index in [0.29, 0.717) is 17.0 Å². The van der Waals surface area contributed by atoms with Gasteiger partial charge in [0.05, 0.1) is 12.2 Å². The Morgan fingerprint density at radius 2 is 1.79 bits per heavy atom. The molecule has 24 heavy (non-hydrogen) atoms. The third kappa shape index (κ3) is 3.45. The molecule has 0 saturated heterocycles. The fourth-order valence-electron chi connectivity index (χ4n) is 2.50. The summed E-state index contributed by atoms with van der Waals surface area (Å²) in [5.74, 6) is 0.0965. The third-order valence-electron chi connectivity index (χ3n) is 3.57. The number of nitrogens with zero attached hydrogens (tertiary/aromatic N) is 1. The van der Waals surface area contributed by atoms with Crippen molar-refractivity contribution in [2.75, 3.05) is 4.90 Å². The van der Waals surface area contributed by atoms with Crippen LogP contribution in [0.15, 0.2) is 48.5 Å². The molecule has 1 heterocycles. The van der Waals surface area contributed by atoms with E-state index in [4.69, 9.17) is 4.74 Å². The van der Waals surface area contributed by atoms with Crippen LogP contribution in [0.1, 0.15) is 12.5 Å². The van der Waals surface area contributed by atoms with E-state index in [1.54, 1.807) is 30.0 Å². The molecule has 1 aliphatic heterocycles. The van der Waals surface area contributed by atoms with Gasteiger partial charge in [-0.15, -0.1) is 13.2 Å². The first kappa shape index (κ1) is 16.2. The molecule has 2 aromatic rings. The van der Waals surface area contributed by atoms with Gasteiger partial charge in [-0.05, 0) is 36.8 Å². The van der Waals surface area contributed by atoms with Crippen molar-refractivity contribution in [1.29, 1.82) is 0 Å². The van der Waals surface area contributed by atoms with Gasteiger partial charge in [-0.25, -0.2) is 0 Å². The highest BCUT2D eigenvalue weighted by atomic mass is 19.4. The van der Waals surface area contributed by atoms with E-state index in [0.717, 1.165) is 0 Å². The van der Waals surface area contributed by atoms with Crippen molar-refractivity contribution >= 4 is 11.6 Å². The number of ether oxygens (including phenoxy) is 2. The van der Waals surface area contributed by atoms with Crippen LogP contribution in [-0.4, -0.2) is 18.4 Å². The molecular formula is C17H14F3NO3. The van der Waals surface area contributed by atoms with Gasteiger partial charge in [0.2, 0.25) is 0 Å². The molecule has 0 spiro atoms. The number of hydrogen-bond acceptors (Lipinski definition) is 3. The van der Waals surface area contributed by atoms with Gasteiger partial charge < -0.3 is 14.4 Å². The molecule has 7 heteroatoms. The van der Waals surface area contributed by atoms with Crippen LogP contribution >= 0.6 is 0 Å². The highest BCUT2D eigenvalue weighted by molar-refractivity contribution is 5.99. The van der Waals surface area contributed by atoms with Crippen molar-refractivity contribution in [2.24, 2.45) is 0 Å². The Morgan fingerprint density at radius 1 is 1.12 bits per heavy atom. The van der Waals surface area contributed by atoms with Gasteiger partial charge in [0, 0.05) is 0 Å². The van der Waals surface area contributed by atoms with Crippen molar-refractivity contribution in [3.63, 3.8) is 0 Å². The monoisotopic (exact) mass is 337 g/mol. The Balaban J connectivity index is 1.81. The van der Waals surface area contributed by atoms with E-state index in [1.807, 2.05) is 6.07 Å². The maximum Gasteiger partial charge on any atom is 0.573 e. The summed E-state index contributed by atoms with van der Waals surface area (Å²) in [6.07, 6.45) is -5.34. The topological polar surface area (TPSA) is 38.8 Å². The van der Waals surface area contributed by atoms with Crippen LogP contribution in [-0.2, 0) is 11.3 Å². The second-order valence-electron chi connectivity index (χ2n) is 5.34. The summed E-state index contributed by atoms with van der Waals surface area (Å²) < 4.78 is 45.9. The van der Waals surface area contributed by atoms with Crippen molar-refractivity contribution in [3.8, 4) is 11.5 Å². The largest absolute Gasteiger partial charge is 0.573 e. The minimum absolute atomic E-state index is 0.204. The van der Waals surface area contributed by atoms with Crippen molar-refractivity contribution in [1.82, 2.24) is 0 Å². The van der Waals surface area contributed by atoms with Crippen LogP contribution < -0.4 is 14.4 Å². The number of carbonyl (C=O) groups is 1. The van der Waals surface area contributed by atoms with Gasteiger partial charge >= 0.3 is 6.36 Å². The van der Waals surface area contributed by atoms with Gasteiger partial charge in [-0.2, -0.15) is 0 Å². The highest BCUT2D eigenvalue weighted by Gasteiger charge is 2.32. The van der Waals surface area contributed by atoms with E-state index in [2.05, 4.69) is 4.74 Å². The summed E-state index contributed by atoms with van der Waals surface area (Å²) in [4.78, 5) is 13.9. The zero-order valence-corrected chi connectivity index (χ0v) is 12.7. The standard InChI is InChI=1S/C17H14F3NO3/c1-11-16(22)21(14-4-2-3-5-15(14)23-11)10-12-6-8-13(9-7-12)24-17(18,19)20/h2-9,11H,10H2,1H3/t11-/m1/s1. The summed E-state index contributed by atoms with van der Waals surface area (Å²) in [7, 11) is 0. The minimum Gasteiger partial charge on any atom is -0.479 e. The van der Waals surface area contributed by atoms with Crippen LogP contribution in [0.4, 0.5) is 18.9 Å². The average molecular weight is 337 g/mol. The number of halogens is 3. The molecule has 0 saturated carbocycles. The van der Waals surface area contributed by atoms with E-state index in [1.165, 1.54) is 24.3 Å². The van der Waals surface area contributed by atoms with Gasteiger partial charge in [-0.3, -0.25) is 4.79 Å². The van der Waals surface area contributed by atoms with Crippen LogP contribution in [0.25, 0.3) is 0 Å². The van der Waals surface area contributed by atoms with Crippen LogP contribution in [0.3, 0.4) is 0 Å². The van der Waals surface area contributed by atoms with Crippen LogP contribution in [0.2, 0.25) is 0 Å². The molecule has 2 aromatic carbocycles. The summed E-state index contributed by atoms with van der Waals surface area (Å²) in [6, 6.07) is 12.6. The predicted molar refractivity (Wildman–Crippen MR) is 80.8 cm³/mol. The van der Waals surface area contributed by atoms with Crippen LogP contribution in [0.5, 0.6) is 11.5 Å². The molecule has 0 unspecified atom stereocenters. The first-order chi connectivity index (χ1) is 11.3. The maximum absolute atomic E-state index is 12.4. The first-order valence-electron chi connectivity index (χ1n) is 7.25. The highest BCUT2D eigenvalue weighted by Crippen LogP contribution is 2.34. The molecular weight excluding hydrogens is 323 g/mol. The fraction of sp³-hybridized carbons (Fsp3) is 0.235. The molecule has 4 nitrogen and oxygen atoms in total. The number of benzene rings is 2. The minimum atomic E-state index is -4.73. The first-order valence-corrected chi connectivity index (χ1v) is 7.25. The Hall–Kier alpha value is -2.70. The SMILES string of the molecule is C[C@H]1Oc2ccccc2N(Cc2ccc(OC(F)(F)F)cc2)C1=O. The average Bonchev–Trinajstić information content (AvgIpc) is 2.52. The lowest BCUT2D eigenvalue weighted by molar-refractivity contribution is -0.274. The third-order valence-corrected chi connectivity index (χ3v) is 3.57. The molecule has 1 amide bonds. The number of amides is 1. The van der Waals surface area contributed by atoms with Crippen molar-refractivity contribution in [3.05, 3.63) is 54.1 Å². The second kappa shape index (κ2) is 6.07. The number of rotatable bonds is 3. The van der Waals surface area contributed by atoms with Crippen LogP contribution in [0, 0.1) is 0 Å². The van der Waals surface area contributed by atoms with E-state index >= 15 is 0 Å². The number of carbonyl (C=O) groups excluding carboxylic acids is 1. The number of para-hydroxylation sites is 2. The fourth-order valence-corrected chi connectivity index (χ4v) is 2.50. The van der Waals surface area contributed by atoms with Gasteiger partial charge in [0.25, 0.3) is 5.91 Å². The lowest BCUT2D eigenvalue weighted by Crippen LogP contribution is -2.43. The Bertz CT molecular complexity index is 743. The summed E-state index contributed by atoms with van der Waals surface area (Å²) in [5.41, 5.74) is 1.32. The summed E-state index contributed by atoms with van der Waals surface area (Å²) in [6.45, 7) is 1.89. The molecule has 0 N–H and O–H groups in total. The molecule has 0 aliphatic carbocycles. The second-order valence-corrected chi connectivity index (χ2v) is 5.34. The smallest absolute Gasteiger partial charge is 0.479 e. The zero-order valence-electron chi connectivity index (χ0n) is 12.7. The Morgan fingerprint density at radius 3 is 2.46 bits per heavy atom. The number of alkyl halides is 3. The number of hydrogen-bond donors (Lipinski definition) is 0. The quantitative estimate of drug-likeness (QED) is 0.853. The zero-order chi connectivity index (χ0) is 17.3. The molecule has 1 atom stereocenters. The van der Waals surface area contributed by atoms with Gasteiger partial charge in [0.1, 0.15) is 11.5 Å². The molecule has 1 aliphatic rings. The molecule has 0 fully saturated rings. The summed E-state index contributed by atoms with van der Waals surface area (Å²) >= 11 is 0. The van der Waals surface area contributed by atoms with Gasteiger partial charge in [0.15, 0.2) is 6.10 Å². The lowest BCUT2D eigenvalue weighted by Gasteiger charge is -2.33. The number of fused-ring (bicyclic) bond motifs is 1. The van der Waals surface area contributed by atoms with Crippen molar-refractivity contribution < 1.29 is 27.4 Å².